The molecule has 104 valence electrons. The molecule has 2 heterocycles. The minimum atomic E-state index is -0.285. The summed E-state index contributed by atoms with van der Waals surface area (Å²) in [4.78, 5) is 13.8. The van der Waals surface area contributed by atoms with Crippen LogP contribution < -0.4 is 0 Å². The lowest BCUT2D eigenvalue weighted by Crippen LogP contribution is -2.27. The fourth-order valence-corrected chi connectivity index (χ4v) is 3.41. The molecule has 1 unspecified atom stereocenters. The number of carbonyl (C=O) groups is 1. The van der Waals surface area contributed by atoms with Gasteiger partial charge in [0.05, 0.1) is 5.75 Å². The third-order valence-corrected chi connectivity index (χ3v) is 4.43. The van der Waals surface area contributed by atoms with E-state index in [2.05, 4.69) is 0 Å². The van der Waals surface area contributed by atoms with E-state index < -0.39 is 0 Å². The zero-order valence-electron chi connectivity index (χ0n) is 11.0. The molecule has 1 amide bonds. The van der Waals surface area contributed by atoms with Gasteiger partial charge in [-0.1, -0.05) is 12.1 Å². The maximum Gasteiger partial charge on any atom is 0.234 e. The summed E-state index contributed by atoms with van der Waals surface area (Å²) in [5.41, 5.74) is 0.786. The van der Waals surface area contributed by atoms with Crippen LogP contribution in [0.25, 0.3) is 0 Å². The first-order chi connectivity index (χ1) is 9.63. The number of hydrogen-bond acceptors (Lipinski definition) is 3. The van der Waals surface area contributed by atoms with Crippen LogP contribution in [0.5, 0.6) is 0 Å². The number of thioether (sulfide) groups is 1. The molecule has 0 spiro atoms. The number of furan rings is 1. The number of nitrogens with zero attached hydrogens (tertiary/aromatic N) is 1. The summed E-state index contributed by atoms with van der Waals surface area (Å²) >= 11 is 1.54. The van der Waals surface area contributed by atoms with Crippen LogP contribution in [0.2, 0.25) is 0 Å². The van der Waals surface area contributed by atoms with Crippen molar-refractivity contribution in [1.82, 2.24) is 4.90 Å². The Balaban J connectivity index is 1.84. The van der Waals surface area contributed by atoms with Crippen LogP contribution in [0, 0.1) is 12.7 Å². The van der Waals surface area contributed by atoms with Gasteiger partial charge >= 0.3 is 0 Å². The first kappa shape index (κ1) is 13.2. The summed E-state index contributed by atoms with van der Waals surface area (Å²) in [6.45, 7) is 2.27. The minimum Gasteiger partial charge on any atom is -0.463 e. The second kappa shape index (κ2) is 5.32. The zero-order valence-corrected chi connectivity index (χ0v) is 11.8. The van der Waals surface area contributed by atoms with E-state index in [0.717, 1.165) is 17.1 Å². The van der Waals surface area contributed by atoms with Gasteiger partial charge in [0, 0.05) is 6.54 Å². The van der Waals surface area contributed by atoms with Crippen molar-refractivity contribution in [2.24, 2.45) is 0 Å². The summed E-state index contributed by atoms with van der Waals surface area (Å²) in [6, 6.07) is 10.1. The van der Waals surface area contributed by atoms with Crippen LogP contribution in [0.4, 0.5) is 4.39 Å². The van der Waals surface area contributed by atoms with Gasteiger partial charge in [0.25, 0.3) is 0 Å². The SMILES string of the molecule is Cc1ccc(C2SCC(=O)N2Cc2cccc(F)c2)o1. The second-order valence-corrected chi connectivity index (χ2v) is 5.83. The fraction of sp³-hybridized carbons (Fsp3) is 0.267. The first-order valence-corrected chi connectivity index (χ1v) is 7.40. The van der Waals surface area contributed by atoms with Gasteiger partial charge in [-0.05, 0) is 36.8 Å². The highest BCUT2D eigenvalue weighted by molar-refractivity contribution is 8.00. The lowest BCUT2D eigenvalue weighted by molar-refractivity contribution is -0.128. The molecule has 3 nitrogen and oxygen atoms in total. The number of benzene rings is 1. The molecule has 20 heavy (non-hydrogen) atoms. The molecule has 1 fully saturated rings. The highest BCUT2D eigenvalue weighted by Crippen LogP contribution is 2.40. The smallest absolute Gasteiger partial charge is 0.234 e. The lowest BCUT2D eigenvalue weighted by atomic mass is 10.2. The highest BCUT2D eigenvalue weighted by Gasteiger charge is 2.34. The van der Waals surface area contributed by atoms with E-state index in [1.807, 2.05) is 25.1 Å². The molecule has 2 aromatic rings. The van der Waals surface area contributed by atoms with Crippen LogP contribution in [0.1, 0.15) is 22.5 Å². The van der Waals surface area contributed by atoms with Crippen LogP contribution in [0.3, 0.4) is 0 Å². The van der Waals surface area contributed by atoms with Crippen molar-refractivity contribution in [3.05, 3.63) is 59.3 Å². The van der Waals surface area contributed by atoms with Crippen molar-refractivity contribution >= 4 is 17.7 Å². The van der Waals surface area contributed by atoms with Gasteiger partial charge in [-0.25, -0.2) is 4.39 Å². The van der Waals surface area contributed by atoms with Gasteiger partial charge in [0.2, 0.25) is 5.91 Å². The molecule has 1 aromatic heterocycles. The molecule has 0 radical (unpaired) electrons. The molecule has 1 aromatic carbocycles. The van der Waals surface area contributed by atoms with Gasteiger partial charge in [0.15, 0.2) is 0 Å². The molecule has 1 aliphatic heterocycles. The Bertz CT molecular complexity index is 640. The van der Waals surface area contributed by atoms with E-state index in [9.17, 15) is 9.18 Å². The third kappa shape index (κ3) is 2.58. The average molecular weight is 291 g/mol. The summed E-state index contributed by atoms with van der Waals surface area (Å²) in [7, 11) is 0. The molecular formula is C15H14FNO2S. The Kier molecular flexibility index (Phi) is 3.53. The molecule has 1 aliphatic rings. The Morgan fingerprint density at radius 1 is 1.40 bits per heavy atom. The van der Waals surface area contributed by atoms with Crippen LogP contribution in [-0.4, -0.2) is 16.6 Å². The van der Waals surface area contributed by atoms with Gasteiger partial charge in [0.1, 0.15) is 22.7 Å². The molecule has 0 saturated carbocycles. The predicted molar refractivity (Wildman–Crippen MR) is 75.6 cm³/mol. The molecule has 0 bridgehead atoms. The van der Waals surface area contributed by atoms with E-state index >= 15 is 0 Å². The average Bonchev–Trinajstić information content (AvgIpc) is 2.97. The normalized spacial score (nSPS) is 18.8. The van der Waals surface area contributed by atoms with Crippen LogP contribution in [-0.2, 0) is 11.3 Å². The van der Waals surface area contributed by atoms with Crippen molar-refractivity contribution < 1.29 is 13.6 Å². The van der Waals surface area contributed by atoms with Gasteiger partial charge in [-0.2, -0.15) is 0 Å². The summed E-state index contributed by atoms with van der Waals surface area (Å²) < 4.78 is 18.9. The Morgan fingerprint density at radius 3 is 2.95 bits per heavy atom. The first-order valence-electron chi connectivity index (χ1n) is 6.35. The van der Waals surface area contributed by atoms with Crippen molar-refractivity contribution in [2.75, 3.05) is 5.75 Å². The second-order valence-electron chi connectivity index (χ2n) is 4.76. The van der Waals surface area contributed by atoms with Gasteiger partial charge in [-0.15, -0.1) is 11.8 Å². The predicted octanol–water partition coefficient (Wildman–Crippen LogP) is 3.50. The monoisotopic (exact) mass is 291 g/mol. The number of halogens is 1. The molecule has 1 atom stereocenters. The maximum absolute atomic E-state index is 13.2. The van der Waals surface area contributed by atoms with E-state index in [1.54, 1.807) is 11.0 Å². The van der Waals surface area contributed by atoms with E-state index in [1.165, 1.54) is 23.9 Å². The van der Waals surface area contributed by atoms with Crippen LogP contribution >= 0.6 is 11.8 Å². The molecule has 0 aliphatic carbocycles. The Labute approximate surface area is 120 Å². The minimum absolute atomic E-state index is 0.0540. The highest BCUT2D eigenvalue weighted by atomic mass is 32.2. The van der Waals surface area contributed by atoms with Gasteiger partial charge < -0.3 is 9.32 Å². The molecule has 3 rings (SSSR count). The summed E-state index contributed by atoms with van der Waals surface area (Å²) in [6.07, 6.45) is 0. The quantitative estimate of drug-likeness (QED) is 0.868. The van der Waals surface area contributed by atoms with Crippen molar-refractivity contribution in [2.45, 2.75) is 18.8 Å². The fourth-order valence-electron chi connectivity index (χ4n) is 2.28. The number of aryl methyl sites for hydroxylation is 1. The van der Waals surface area contributed by atoms with E-state index in [0.29, 0.717) is 12.3 Å². The number of carbonyl (C=O) groups excluding carboxylic acids is 1. The van der Waals surface area contributed by atoms with Crippen molar-refractivity contribution in [3.8, 4) is 0 Å². The van der Waals surface area contributed by atoms with Crippen molar-refractivity contribution in [1.29, 1.82) is 0 Å². The number of amides is 1. The largest absolute Gasteiger partial charge is 0.463 e. The Morgan fingerprint density at radius 2 is 2.25 bits per heavy atom. The Hall–Kier alpha value is -1.75. The standard InChI is InChI=1S/C15H14FNO2S/c1-10-5-6-13(19-10)15-17(14(18)9-20-15)8-11-3-2-4-12(16)7-11/h2-7,15H,8-9H2,1H3. The molecule has 0 N–H and O–H groups in total. The lowest BCUT2D eigenvalue weighted by Gasteiger charge is -2.22. The number of rotatable bonds is 3. The molecule has 1 saturated heterocycles. The number of hydrogen-bond donors (Lipinski definition) is 0. The topological polar surface area (TPSA) is 33.5 Å². The summed E-state index contributed by atoms with van der Waals surface area (Å²) in [5, 5.41) is -0.125. The van der Waals surface area contributed by atoms with E-state index in [4.69, 9.17) is 4.42 Å². The molecule has 5 heteroatoms. The zero-order chi connectivity index (χ0) is 14.1. The summed E-state index contributed by atoms with van der Waals surface area (Å²) in [5.74, 6) is 1.80. The van der Waals surface area contributed by atoms with Crippen LogP contribution in [0.15, 0.2) is 40.8 Å². The van der Waals surface area contributed by atoms with Gasteiger partial charge in [-0.3, -0.25) is 4.79 Å². The van der Waals surface area contributed by atoms with E-state index in [-0.39, 0.29) is 17.1 Å². The molecular weight excluding hydrogens is 277 g/mol. The maximum atomic E-state index is 13.2. The van der Waals surface area contributed by atoms with Crippen molar-refractivity contribution in [3.63, 3.8) is 0 Å². The third-order valence-electron chi connectivity index (χ3n) is 3.21.